The summed E-state index contributed by atoms with van der Waals surface area (Å²) in [5.41, 5.74) is 0.861. The topological polar surface area (TPSA) is 49.4 Å². The van der Waals surface area contributed by atoms with Gasteiger partial charge in [0.1, 0.15) is 11.9 Å². The molecule has 2 aliphatic rings. The Morgan fingerprint density at radius 2 is 2.00 bits per heavy atom. The van der Waals surface area contributed by atoms with Crippen molar-refractivity contribution < 1.29 is 14.0 Å². The molecule has 0 radical (unpaired) electrons. The van der Waals surface area contributed by atoms with Crippen molar-refractivity contribution in [2.45, 2.75) is 44.6 Å². The molecule has 1 saturated carbocycles. The van der Waals surface area contributed by atoms with Crippen molar-refractivity contribution in [3.8, 4) is 0 Å². The van der Waals surface area contributed by atoms with Crippen molar-refractivity contribution in [2.24, 2.45) is 5.92 Å². The molecular formula is C18H23FN2O2. The van der Waals surface area contributed by atoms with Gasteiger partial charge in [0.25, 0.3) is 0 Å². The summed E-state index contributed by atoms with van der Waals surface area (Å²) in [5.74, 6) is -0.447. The molecule has 1 aliphatic heterocycles. The fraction of sp³-hybridized carbons (Fsp3) is 0.556. The maximum atomic E-state index is 13.3. The second-order valence-electron chi connectivity index (χ2n) is 6.62. The van der Waals surface area contributed by atoms with Gasteiger partial charge in [-0.3, -0.25) is 9.59 Å². The highest BCUT2D eigenvalue weighted by molar-refractivity contribution is 5.90. The molecule has 3 rings (SSSR count). The van der Waals surface area contributed by atoms with Crippen LogP contribution in [0, 0.1) is 11.7 Å². The first-order valence-electron chi connectivity index (χ1n) is 8.41. The highest BCUT2D eigenvalue weighted by Gasteiger charge is 2.44. The molecule has 0 aromatic heterocycles. The van der Waals surface area contributed by atoms with Gasteiger partial charge in [-0.25, -0.2) is 4.39 Å². The van der Waals surface area contributed by atoms with Gasteiger partial charge in [-0.15, -0.1) is 0 Å². The summed E-state index contributed by atoms with van der Waals surface area (Å²) >= 11 is 0. The van der Waals surface area contributed by atoms with E-state index in [9.17, 15) is 14.0 Å². The maximum Gasteiger partial charge on any atom is 0.244 e. The van der Waals surface area contributed by atoms with Crippen LogP contribution in [0.2, 0.25) is 0 Å². The lowest BCUT2D eigenvalue weighted by atomic mass is 10.1. The van der Waals surface area contributed by atoms with Gasteiger partial charge in [0.05, 0.1) is 0 Å². The van der Waals surface area contributed by atoms with Crippen LogP contribution in [-0.2, 0) is 9.59 Å². The van der Waals surface area contributed by atoms with Crippen molar-refractivity contribution >= 4 is 11.8 Å². The molecular weight excluding hydrogens is 295 g/mol. The summed E-state index contributed by atoms with van der Waals surface area (Å²) < 4.78 is 13.3. The zero-order chi connectivity index (χ0) is 16.4. The molecule has 0 unspecified atom stereocenters. The molecule has 23 heavy (non-hydrogen) atoms. The van der Waals surface area contributed by atoms with Gasteiger partial charge in [0.2, 0.25) is 11.8 Å². The van der Waals surface area contributed by atoms with E-state index in [1.807, 2.05) is 11.0 Å². The molecule has 1 aromatic carbocycles. The third-order valence-electron chi connectivity index (χ3n) is 4.80. The minimum atomic E-state index is -0.491. The molecule has 1 saturated heterocycles. The zero-order valence-electron chi connectivity index (χ0n) is 13.4. The van der Waals surface area contributed by atoms with Crippen LogP contribution in [0.1, 0.15) is 44.1 Å². The van der Waals surface area contributed by atoms with Gasteiger partial charge in [0, 0.05) is 19.0 Å². The Morgan fingerprint density at radius 1 is 1.26 bits per heavy atom. The van der Waals surface area contributed by atoms with Crippen molar-refractivity contribution in [3.63, 3.8) is 0 Å². The lowest BCUT2D eigenvalue weighted by molar-refractivity contribution is -0.137. The van der Waals surface area contributed by atoms with Crippen molar-refractivity contribution in [1.82, 2.24) is 10.2 Å². The molecule has 124 valence electrons. The number of piperidine rings is 1. The quantitative estimate of drug-likeness (QED) is 0.927. The monoisotopic (exact) mass is 318 g/mol. The lowest BCUT2D eigenvalue weighted by Gasteiger charge is -2.29. The van der Waals surface area contributed by atoms with Gasteiger partial charge in [-0.05, 0) is 56.2 Å². The molecule has 2 fully saturated rings. The Bertz CT molecular complexity index is 598. The smallest absolute Gasteiger partial charge is 0.244 e. The highest BCUT2D eigenvalue weighted by atomic mass is 19.1. The van der Waals surface area contributed by atoms with Gasteiger partial charge >= 0.3 is 0 Å². The fourth-order valence-electron chi connectivity index (χ4n) is 3.36. The van der Waals surface area contributed by atoms with Gasteiger partial charge < -0.3 is 10.2 Å². The predicted octanol–water partition coefficient (Wildman–Crippen LogP) is 2.45. The van der Waals surface area contributed by atoms with Crippen LogP contribution in [0.25, 0.3) is 0 Å². The van der Waals surface area contributed by atoms with E-state index >= 15 is 0 Å². The minimum absolute atomic E-state index is 0.000931. The first kappa shape index (κ1) is 16.0. The number of halogens is 1. The number of benzene rings is 1. The molecule has 2 amide bonds. The Hall–Kier alpha value is -1.91. The van der Waals surface area contributed by atoms with Gasteiger partial charge in [-0.2, -0.15) is 0 Å². The minimum Gasteiger partial charge on any atom is -0.344 e. The Kier molecular flexibility index (Phi) is 4.64. The first-order valence-corrected chi connectivity index (χ1v) is 8.41. The molecule has 1 aromatic rings. The summed E-state index contributed by atoms with van der Waals surface area (Å²) in [7, 11) is 0. The average molecular weight is 318 g/mol. The van der Waals surface area contributed by atoms with E-state index in [1.54, 1.807) is 13.0 Å². The molecule has 0 spiro atoms. The molecule has 1 aliphatic carbocycles. The van der Waals surface area contributed by atoms with Crippen LogP contribution in [0.5, 0.6) is 0 Å². The van der Waals surface area contributed by atoms with Crippen LogP contribution in [0.15, 0.2) is 24.3 Å². The Labute approximate surface area is 136 Å². The number of likely N-dealkylation sites (tertiary alicyclic amines) is 1. The van der Waals surface area contributed by atoms with E-state index < -0.39 is 6.04 Å². The van der Waals surface area contributed by atoms with Crippen molar-refractivity contribution in [3.05, 3.63) is 35.6 Å². The number of amides is 2. The Morgan fingerprint density at radius 3 is 2.70 bits per heavy atom. The molecule has 5 heteroatoms. The van der Waals surface area contributed by atoms with Gasteiger partial charge in [-0.1, -0.05) is 12.1 Å². The number of hydrogen-bond acceptors (Lipinski definition) is 2. The number of carbonyl (C=O) groups excluding carboxylic acids is 2. The number of hydrogen-bond donors (Lipinski definition) is 1. The summed E-state index contributed by atoms with van der Waals surface area (Å²) in [6.45, 7) is 3.32. The fourth-order valence-corrected chi connectivity index (χ4v) is 3.36. The second-order valence-corrected chi connectivity index (χ2v) is 6.62. The first-order chi connectivity index (χ1) is 11.1. The van der Waals surface area contributed by atoms with Crippen molar-refractivity contribution in [1.29, 1.82) is 0 Å². The number of carbonyl (C=O) groups is 2. The lowest BCUT2D eigenvalue weighted by Crippen LogP contribution is -2.48. The Balaban J connectivity index is 1.52. The number of nitrogens with zero attached hydrogens (tertiary/aromatic N) is 1. The van der Waals surface area contributed by atoms with E-state index in [-0.39, 0.29) is 29.5 Å². The normalized spacial score (nSPS) is 24.9. The summed E-state index contributed by atoms with van der Waals surface area (Å²) in [6, 6.07) is 5.92. The third kappa shape index (κ3) is 3.71. The van der Waals surface area contributed by atoms with E-state index in [0.29, 0.717) is 0 Å². The molecule has 1 heterocycles. The standard InChI is InChI=1S/C18H23FN2O2/c1-12(18(23)21-8-3-2-4-9-21)20-17(22)16-11-15(16)13-6-5-7-14(19)10-13/h5-7,10,12,15-16H,2-4,8-9,11H2,1H3,(H,20,22)/t12-,15-,16+/m0/s1. The summed E-state index contributed by atoms with van der Waals surface area (Å²) in [4.78, 5) is 26.5. The summed E-state index contributed by atoms with van der Waals surface area (Å²) in [5, 5.41) is 2.83. The highest BCUT2D eigenvalue weighted by Crippen LogP contribution is 2.47. The summed E-state index contributed by atoms with van der Waals surface area (Å²) in [6.07, 6.45) is 3.97. The second kappa shape index (κ2) is 6.69. The van der Waals surface area contributed by atoms with Crippen LogP contribution in [-0.4, -0.2) is 35.8 Å². The van der Waals surface area contributed by atoms with E-state index in [1.165, 1.54) is 18.6 Å². The molecule has 0 bridgehead atoms. The number of rotatable bonds is 4. The molecule has 1 N–H and O–H groups in total. The van der Waals surface area contributed by atoms with E-state index in [0.717, 1.165) is 37.9 Å². The largest absolute Gasteiger partial charge is 0.344 e. The van der Waals surface area contributed by atoms with Crippen LogP contribution in [0.4, 0.5) is 4.39 Å². The van der Waals surface area contributed by atoms with Crippen LogP contribution >= 0.6 is 0 Å². The third-order valence-corrected chi connectivity index (χ3v) is 4.80. The van der Waals surface area contributed by atoms with E-state index in [4.69, 9.17) is 0 Å². The maximum absolute atomic E-state index is 13.3. The molecule has 4 nitrogen and oxygen atoms in total. The molecule has 3 atom stereocenters. The van der Waals surface area contributed by atoms with E-state index in [2.05, 4.69) is 5.32 Å². The zero-order valence-corrected chi connectivity index (χ0v) is 13.4. The number of nitrogens with one attached hydrogen (secondary N) is 1. The van der Waals surface area contributed by atoms with Gasteiger partial charge in [0.15, 0.2) is 0 Å². The average Bonchev–Trinajstić information content (AvgIpc) is 3.35. The predicted molar refractivity (Wildman–Crippen MR) is 85.3 cm³/mol. The van der Waals surface area contributed by atoms with Crippen molar-refractivity contribution in [2.75, 3.05) is 13.1 Å². The van der Waals surface area contributed by atoms with Crippen LogP contribution in [0.3, 0.4) is 0 Å². The van der Waals surface area contributed by atoms with Crippen LogP contribution < -0.4 is 5.32 Å². The SMILES string of the molecule is C[C@H](NC(=O)[C@@H]1C[C@H]1c1cccc(F)c1)C(=O)N1CCCCC1.